The second-order valence-corrected chi connectivity index (χ2v) is 7.97. The zero-order valence-corrected chi connectivity index (χ0v) is 19.0. The van der Waals surface area contributed by atoms with Crippen molar-refractivity contribution in [3.05, 3.63) is 98.6 Å². The van der Waals surface area contributed by atoms with Crippen LogP contribution >= 0.6 is 27.5 Å². The van der Waals surface area contributed by atoms with E-state index in [0.29, 0.717) is 27.5 Å². The lowest BCUT2D eigenvalue weighted by Gasteiger charge is -2.08. The van der Waals surface area contributed by atoms with Crippen LogP contribution in [0.1, 0.15) is 21.5 Å². The molecule has 4 rings (SSSR count). The van der Waals surface area contributed by atoms with E-state index in [-0.39, 0.29) is 17.3 Å². The number of aliphatic imine (C=N–C) groups is 1. The SMILES string of the molecule is COc1ccc(Cl)cc1C1=N/C(=C\c2cc(Br)ccc2OC(=O)c2ccccc2)C(=O)O1. The molecule has 0 saturated carbocycles. The number of hydrogen-bond acceptors (Lipinski definition) is 6. The highest BCUT2D eigenvalue weighted by molar-refractivity contribution is 9.10. The van der Waals surface area contributed by atoms with Crippen LogP contribution in [0.2, 0.25) is 5.02 Å². The Labute approximate surface area is 197 Å². The van der Waals surface area contributed by atoms with E-state index in [1.807, 2.05) is 6.07 Å². The number of ether oxygens (including phenoxy) is 3. The van der Waals surface area contributed by atoms with Crippen molar-refractivity contribution in [1.82, 2.24) is 0 Å². The summed E-state index contributed by atoms with van der Waals surface area (Å²) in [6, 6.07) is 18.6. The predicted octanol–water partition coefficient (Wildman–Crippen LogP) is 5.67. The average Bonchev–Trinajstić information content (AvgIpc) is 3.16. The molecule has 32 heavy (non-hydrogen) atoms. The standard InChI is InChI=1S/C24H15BrClNO5/c1-30-21-10-8-17(26)13-18(21)22-27-19(24(29)32-22)12-15-11-16(25)7-9-20(15)31-23(28)14-5-3-2-4-6-14/h2-13H,1H3/b19-12-. The van der Waals surface area contributed by atoms with E-state index in [2.05, 4.69) is 20.9 Å². The summed E-state index contributed by atoms with van der Waals surface area (Å²) in [5, 5.41) is 0.444. The number of cyclic esters (lactones) is 1. The number of nitrogens with zero attached hydrogens (tertiary/aromatic N) is 1. The summed E-state index contributed by atoms with van der Waals surface area (Å²) in [6.07, 6.45) is 1.49. The molecule has 0 N–H and O–H groups in total. The van der Waals surface area contributed by atoms with Gasteiger partial charge in [0.15, 0.2) is 5.70 Å². The molecule has 8 heteroatoms. The first-order chi connectivity index (χ1) is 15.4. The van der Waals surface area contributed by atoms with E-state index >= 15 is 0 Å². The molecule has 3 aromatic carbocycles. The van der Waals surface area contributed by atoms with Crippen LogP contribution < -0.4 is 9.47 Å². The van der Waals surface area contributed by atoms with Gasteiger partial charge in [0.25, 0.3) is 0 Å². The minimum Gasteiger partial charge on any atom is -0.496 e. The molecule has 0 unspecified atom stereocenters. The van der Waals surface area contributed by atoms with E-state index in [9.17, 15) is 9.59 Å². The highest BCUT2D eigenvalue weighted by atomic mass is 79.9. The van der Waals surface area contributed by atoms with Gasteiger partial charge in [0.1, 0.15) is 11.5 Å². The molecule has 0 amide bonds. The molecule has 0 aromatic heterocycles. The van der Waals surface area contributed by atoms with Gasteiger partial charge in [-0.15, -0.1) is 0 Å². The number of methoxy groups -OCH3 is 1. The normalized spacial score (nSPS) is 14.2. The fraction of sp³-hybridized carbons (Fsp3) is 0.0417. The third-order valence-electron chi connectivity index (χ3n) is 4.49. The second kappa shape index (κ2) is 9.38. The summed E-state index contributed by atoms with van der Waals surface area (Å²) in [6.45, 7) is 0. The minimum atomic E-state index is -0.651. The Morgan fingerprint density at radius 1 is 1.06 bits per heavy atom. The maximum Gasteiger partial charge on any atom is 0.363 e. The first-order valence-corrected chi connectivity index (χ1v) is 10.5. The van der Waals surface area contributed by atoms with Crippen molar-refractivity contribution in [3.8, 4) is 11.5 Å². The Bertz CT molecular complexity index is 1270. The van der Waals surface area contributed by atoms with Gasteiger partial charge in [-0.2, -0.15) is 0 Å². The first-order valence-electron chi connectivity index (χ1n) is 9.38. The van der Waals surface area contributed by atoms with Gasteiger partial charge in [-0.1, -0.05) is 45.7 Å². The fourth-order valence-corrected chi connectivity index (χ4v) is 3.53. The Morgan fingerprint density at radius 2 is 1.81 bits per heavy atom. The van der Waals surface area contributed by atoms with Crippen LogP contribution in [-0.4, -0.2) is 24.9 Å². The van der Waals surface area contributed by atoms with Crippen molar-refractivity contribution < 1.29 is 23.8 Å². The smallest absolute Gasteiger partial charge is 0.363 e. The van der Waals surface area contributed by atoms with Gasteiger partial charge < -0.3 is 14.2 Å². The predicted molar refractivity (Wildman–Crippen MR) is 124 cm³/mol. The van der Waals surface area contributed by atoms with Crippen molar-refractivity contribution in [2.24, 2.45) is 4.99 Å². The lowest BCUT2D eigenvalue weighted by molar-refractivity contribution is -0.129. The summed E-state index contributed by atoms with van der Waals surface area (Å²) < 4.78 is 16.9. The zero-order valence-electron chi connectivity index (χ0n) is 16.7. The van der Waals surface area contributed by atoms with E-state index in [0.717, 1.165) is 4.47 Å². The molecule has 0 aliphatic carbocycles. The molecule has 1 aliphatic heterocycles. The molecule has 0 atom stereocenters. The molecule has 0 radical (unpaired) electrons. The summed E-state index contributed by atoms with van der Waals surface area (Å²) in [5.41, 5.74) is 1.36. The first kappa shape index (κ1) is 21.8. The number of carbonyl (C=O) groups excluding carboxylic acids is 2. The van der Waals surface area contributed by atoms with Crippen LogP contribution in [0.15, 0.2) is 81.9 Å². The van der Waals surface area contributed by atoms with Gasteiger partial charge in [0.2, 0.25) is 5.90 Å². The van der Waals surface area contributed by atoms with Gasteiger partial charge in [-0.05, 0) is 54.6 Å². The Balaban J connectivity index is 1.69. The molecule has 1 heterocycles. The van der Waals surface area contributed by atoms with Crippen LogP contribution in [-0.2, 0) is 9.53 Å². The van der Waals surface area contributed by atoms with Gasteiger partial charge in [-0.25, -0.2) is 14.6 Å². The lowest BCUT2D eigenvalue weighted by atomic mass is 10.1. The molecule has 6 nitrogen and oxygen atoms in total. The molecular weight excluding hydrogens is 498 g/mol. The van der Waals surface area contributed by atoms with E-state index in [1.165, 1.54) is 13.2 Å². The maximum absolute atomic E-state index is 12.5. The number of halogens is 2. The maximum atomic E-state index is 12.5. The molecule has 1 aliphatic rings. The summed E-state index contributed by atoms with van der Waals surface area (Å²) in [4.78, 5) is 29.3. The fourth-order valence-electron chi connectivity index (χ4n) is 2.98. The second-order valence-electron chi connectivity index (χ2n) is 6.62. The Hall–Kier alpha value is -3.42. The number of carbonyl (C=O) groups is 2. The molecular formula is C24H15BrClNO5. The number of hydrogen-bond donors (Lipinski definition) is 0. The summed E-state index contributed by atoms with van der Waals surface area (Å²) in [5.74, 6) is -0.372. The molecule has 0 saturated heterocycles. The monoisotopic (exact) mass is 511 g/mol. The van der Waals surface area contributed by atoms with Crippen LogP contribution in [0.5, 0.6) is 11.5 Å². The minimum absolute atomic E-state index is 0.0390. The van der Waals surface area contributed by atoms with E-state index < -0.39 is 11.9 Å². The van der Waals surface area contributed by atoms with Crippen molar-refractivity contribution >= 4 is 51.4 Å². The summed E-state index contributed by atoms with van der Waals surface area (Å²) in [7, 11) is 1.50. The highest BCUT2D eigenvalue weighted by Crippen LogP contribution is 2.30. The molecule has 0 fully saturated rings. The third kappa shape index (κ3) is 4.74. The molecule has 3 aromatic rings. The topological polar surface area (TPSA) is 74.2 Å². The van der Waals surface area contributed by atoms with Gasteiger partial charge in [-0.3, -0.25) is 0 Å². The quantitative estimate of drug-likeness (QED) is 0.250. The molecule has 0 bridgehead atoms. The van der Waals surface area contributed by atoms with Gasteiger partial charge >= 0.3 is 11.9 Å². The molecule has 0 spiro atoms. The number of esters is 2. The third-order valence-corrected chi connectivity index (χ3v) is 5.22. The number of benzene rings is 3. The largest absolute Gasteiger partial charge is 0.496 e. The Kier molecular flexibility index (Phi) is 6.39. The van der Waals surface area contributed by atoms with Gasteiger partial charge in [0.05, 0.1) is 18.2 Å². The van der Waals surface area contributed by atoms with Crippen molar-refractivity contribution in [3.63, 3.8) is 0 Å². The lowest BCUT2D eigenvalue weighted by Crippen LogP contribution is -2.09. The zero-order chi connectivity index (χ0) is 22.7. The van der Waals surface area contributed by atoms with Crippen LogP contribution in [0.25, 0.3) is 6.08 Å². The van der Waals surface area contributed by atoms with Crippen LogP contribution in [0, 0.1) is 0 Å². The van der Waals surface area contributed by atoms with Crippen molar-refractivity contribution in [2.45, 2.75) is 0 Å². The van der Waals surface area contributed by atoms with E-state index in [4.69, 9.17) is 25.8 Å². The van der Waals surface area contributed by atoms with Crippen molar-refractivity contribution in [2.75, 3.05) is 7.11 Å². The Morgan fingerprint density at radius 3 is 2.56 bits per heavy atom. The van der Waals surface area contributed by atoms with Crippen molar-refractivity contribution in [1.29, 1.82) is 0 Å². The molecule has 160 valence electrons. The summed E-state index contributed by atoms with van der Waals surface area (Å²) >= 11 is 9.47. The van der Waals surface area contributed by atoms with Gasteiger partial charge in [0, 0.05) is 15.1 Å². The van der Waals surface area contributed by atoms with E-state index in [1.54, 1.807) is 60.7 Å². The number of rotatable bonds is 5. The highest BCUT2D eigenvalue weighted by Gasteiger charge is 2.27. The average molecular weight is 513 g/mol. The van der Waals surface area contributed by atoms with Crippen LogP contribution in [0.4, 0.5) is 0 Å². The van der Waals surface area contributed by atoms with Crippen LogP contribution in [0.3, 0.4) is 0 Å².